The van der Waals surface area contributed by atoms with Crippen molar-refractivity contribution in [3.63, 3.8) is 0 Å². The van der Waals surface area contributed by atoms with Gasteiger partial charge in [0.25, 0.3) is 0 Å². The standard InChI is InChI=1S/C16H26N2O/c1-11(2)10-17-16(19)14(5)18-13(4)15-9-7-6-8-12(15)3/h6-9,11,13-14,18H,10H2,1-5H3,(H,17,19). The molecule has 3 heteroatoms. The Bertz CT molecular complexity index is 415. The minimum atomic E-state index is -0.187. The summed E-state index contributed by atoms with van der Waals surface area (Å²) in [6, 6.07) is 8.24. The Hall–Kier alpha value is -1.35. The lowest BCUT2D eigenvalue weighted by atomic mass is 10.0. The molecule has 1 aromatic rings. The van der Waals surface area contributed by atoms with Crippen LogP contribution in [0.25, 0.3) is 0 Å². The van der Waals surface area contributed by atoms with Crippen LogP contribution < -0.4 is 10.6 Å². The number of hydrogen-bond acceptors (Lipinski definition) is 2. The maximum Gasteiger partial charge on any atom is 0.236 e. The van der Waals surface area contributed by atoms with E-state index in [1.165, 1.54) is 11.1 Å². The van der Waals surface area contributed by atoms with Crippen LogP contribution in [0.5, 0.6) is 0 Å². The lowest BCUT2D eigenvalue weighted by Crippen LogP contribution is -2.44. The maximum atomic E-state index is 11.9. The fourth-order valence-electron chi connectivity index (χ4n) is 2.07. The van der Waals surface area contributed by atoms with Crippen LogP contribution in [-0.2, 0) is 4.79 Å². The number of carbonyl (C=O) groups is 1. The molecule has 1 aromatic carbocycles. The third-order valence-electron chi connectivity index (χ3n) is 3.23. The summed E-state index contributed by atoms with van der Waals surface area (Å²) in [5.74, 6) is 0.541. The average Bonchev–Trinajstić information content (AvgIpc) is 2.36. The van der Waals surface area contributed by atoms with Gasteiger partial charge in [-0.15, -0.1) is 0 Å². The van der Waals surface area contributed by atoms with Crippen molar-refractivity contribution in [1.82, 2.24) is 10.6 Å². The highest BCUT2D eigenvalue weighted by atomic mass is 16.2. The van der Waals surface area contributed by atoms with Gasteiger partial charge in [-0.05, 0) is 37.8 Å². The number of aryl methyl sites for hydroxylation is 1. The monoisotopic (exact) mass is 262 g/mol. The first-order chi connectivity index (χ1) is 8.91. The van der Waals surface area contributed by atoms with E-state index in [0.717, 1.165) is 6.54 Å². The Morgan fingerprint density at radius 1 is 1.16 bits per heavy atom. The van der Waals surface area contributed by atoms with Gasteiger partial charge in [-0.25, -0.2) is 0 Å². The second-order valence-electron chi connectivity index (χ2n) is 5.61. The number of carbonyl (C=O) groups excluding carboxylic acids is 1. The second kappa shape index (κ2) is 7.29. The molecular formula is C16H26N2O. The first kappa shape index (κ1) is 15.7. The topological polar surface area (TPSA) is 41.1 Å². The van der Waals surface area contributed by atoms with Crippen molar-refractivity contribution in [3.05, 3.63) is 35.4 Å². The highest BCUT2D eigenvalue weighted by Gasteiger charge is 2.16. The first-order valence-corrected chi connectivity index (χ1v) is 7.01. The molecule has 3 nitrogen and oxygen atoms in total. The molecule has 2 unspecified atom stereocenters. The molecule has 0 aliphatic heterocycles. The van der Waals surface area contributed by atoms with E-state index in [0.29, 0.717) is 5.92 Å². The van der Waals surface area contributed by atoms with Gasteiger partial charge in [-0.2, -0.15) is 0 Å². The predicted molar refractivity (Wildman–Crippen MR) is 80.0 cm³/mol. The lowest BCUT2D eigenvalue weighted by Gasteiger charge is -2.21. The highest BCUT2D eigenvalue weighted by molar-refractivity contribution is 5.81. The van der Waals surface area contributed by atoms with E-state index < -0.39 is 0 Å². The fourth-order valence-corrected chi connectivity index (χ4v) is 2.07. The van der Waals surface area contributed by atoms with Gasteiger partial charge in [-0.3, -0.25) is 10.1 Å². The Morgan fingerprint density at radius 3 is 2.37 bits per heavy atom. The molecule has 0 fully saturated rings. The molecule has 0 saturated carbocycles. The van der Waals surface area contributed by atoms with Crippen molar-refractivity contribution >= 4 is 5.91 Å². The summed E-state index contributed by atoms with van der Waals surface area (Å²) in [4.78, 5) is 11.9. The van der Waals surface area contributed by atoms with E-state index in [9.17, 15) is 4.79 Å². The molecule has 19 heavy (non-hydrogen) atoms. The van der Waals surface area contributed by atoms with Crippen LogP contribution >= 0.6 is 0 Å². The minimum Gasteiger partial charge on any atom is -0.354 e. The summed E-state index contributed by atoms with van der Waals surface area (Å²) in [6.45, 7) is 11.0. The molecule has 0 bridgehead atoms. The summed E-state index contributed by atoms with van der Waals surface area (Å²) in [5, 5.41) is 6.30. The third kappa shape index (κ3) is 5.03. The van der Waals surface area contributed by atoms with E-state index in [-0.39, 0.29) is 18.0 Å². The van der Waals surface area contributed by atoms with Crippen LogP contribution in [0.15, 0.2) is 24.3 Å². The fraction of sp³-hybridized carbons (Fsp3) is 0.562. The Kier molecular flexibility index (Phi) is 6.03. The van der Waals surface area contributed by atoms with Crippen LogP contribution in [0, 0.1) is 12.8 Å². The van der Waals surface area contributed by atoms with Crippen LogP contribution in [0.2, 0.25) is 0 Å². The van der Waals surface area contributed by atoms with Crippen LogP contribution in [0.4, 0.5) is 0 Å². The molecule has 0 aromatic heterocycles. The number of rotatable bonds is 6. The molecule has 2 atom stereocenters. The van der Waals surface area contributed by atoms with Crippen LogP contribution in [-0.4, -0.2) is 18.5 Å². The average molecular weight is 262 g/mol. The van der Waals surface area contributed by atoms with Crippen molar-refractivity contribution in [2.45, 2.75) is 46.7 Å². The van der Waals surface area contributed by atoms with Crippen LogP contribution in [0.3, 0.4) is 0 Å². The van der Waals surface area contributed by atoms with Gasteiger partial charge in [0.15, 0.2) is 0 Å². The number of hydrogen-bond donors (Lipinski definition) is 2. The van der Waals surface area contributed by atoms with Crippen molar-refractivity contribution in [2.75, 3.05) is 6.54 Å². The number of amides is 1. The van der Waals surface area contributed by atoms with Gasteiger partial charge < -0.3 is 5.32 Å². The molecule has 0 aliphatic rings. The summed E-state index contributed by atoms with van der Waals surface area (Å²) in [5.41, 5.74) is 2.49. The van der Waals surface area contributed by atoms with E-state index in [4.69, 9.17) is 0 Å². The summed E-state index contributed by atoms with van der Waals surface area (Å²) < 4.78 is 0. The SMILES string of the molecule is Cc1ccccc1C(C)NC(C)C(=O)NCC(C)C. The normalized spacial score (nSPS) is 14.2. The Balaban J connectivity index is 2.54. The third-order valence-corrected chi connectivity index (χ3v) is 3.23. The van der Waals surface area contributed by atoms with Gasteiger partial charge in [0.05, 0.1) is 6.04 Å². The molecule has 0 heterocycles. The van der Waals surface area contributed by atoms with E-state index in [1.807, 2.05) is 19.1 Å². The molecular weight excluding hydrogens is 236 g/mol. The van der Waals surface area contributed by atoms with Crippen molar-refractivity contribution in [2.24, 2.45) is 5.92 Å². The largest absolute Gasteiger partial charge is 0.354 e. The van der Waals surface area contributed by atoms with Gasteiger partial charge >= 0.3 is 0 Å². The van der Waals surface area contributed by atoms with E-state index in [2.05, 4.69) is 50.5 Å². The summed E-state index contributed by atoms with van der Waals surface area (Å²) in [6.07, 6.45) is 0. The lowest BCUT2D eigenvalue weighted by molar-refractivity contribution is -0.123. The Labute approximate surface area is 116 Å². The second-order valence-corrected chi connectivity index (χ2v) is 5.61. The van der Waals surface area contributed by atoms with Crippen molar-refractivity contribution in [3.8, 4) is 0 Å². The van der Waals surface area contributed by atoms with Crippen molar-refractivity contribution < 1.29 is 4.79 Å². The Morgan fingerprint density at radius 2 is 1.79 bits per heavy atom. The zero-order valence-corrected chi connectivity index (χ0v) is 12.7. The summed E-state index contributed by atoms with van der Waals surface area (Å²) in [7, 11) is 0. The molecule has 1 amide bonds. The molecule has 0 saturated heterocycles. The molecule has 106 valence electrons. The number of benzene rings is 1. The highest BCUT2D eigenvalue weighted by Crippen LogP contribution is 2.17. The summed E-state index contributed by atoms with van der Waals surface area (Å²) >= 11 is 0. The zero-order valence-electron chi connectivity index (χ0n) is 12.7. The number of nitrogens with one attached hydrogen (secondary N) is 2. The molecule has 1 rings (SSSR count). The minimum absolute atomic E-state index is 0.0640. The van der Waals surface area contributed by atoms with E-state index >= 15 is 0 Å². The molecule has 0 aliphatic carbocycles. The molecule has 0 radical (unpaired) electrons. The molecule has 2 N–H and O–H groups in total. The molecule has 0 spiro atoms. The van der Waals surface area contributed by atoms with Gasteiger partial charge in [-0.1, -0.05) is 38.1 Å². The van der Waals surface area contributed by atoms with Crippen LogP contribution in [0.1, 0.15) is 44.9 Å². The smallest absolute Gasteiger partial charge is 0.236 e. The first-order valence-electron chi connectivity index (χ1n) is 7.01. The zero-order chi connectivity index (χ0) is 14.4. The van der Waals surface area contributed by atoms with Crippen molar-refractivity contribution in [1.29, 1.82) is 0 Å². The van der Waals surface area contributed by atoms with Gasteiger partial charge in [0.1, 0.15) is 0 Å². The predicted octanol–water partition coefficient (Wildman–Crippen LogP) is 2.81. The van der Waals surface area contributed by atoms with E-state index in [1.54, 1.807) is 0 Å². The quantitative estimate of drug-likeness (QED) is 0.827. The van der Waals surface area contributed by atoms with Gasteiger partial charge in [0.2, 0.25) is 5.91 Å². The maximum absolute atomic E-state index is 11.9. The van der Waals surface area contributed by atoms with Gasteiger partial charge in [0, 0.05) is 12.6 Å².